The van der Waals surface area contributed by atoms with Gasteiger partial charge < -0.3 is 4.90 Å². The first-order valence-corrected chi connectivity index (χ1v) is 10.0. The molecule has 0 saturated heterocycles. The van der Waals surface area contributed by atoms with Gasteiger partial charge in [-0.3, -0.25) is 0 Å². The maximum atomic E-state index is 13.6. The van der Waals surface area contributed by atoms with E-state index in [0.29, 0.717) is 23.0 Å². The third-order valence-electron chi connectivity index (χ3n) is 4.94. The number of benzene rings is 1. The van der Waals surface area contributed by atoms with E-state index in [-0.39, 0.29) is 15.4 Å². The van der Waals surface area contributed by atoms with Crippen LogP contribution in [0.2, 0.25) is 0 Å². The summed E-state index contributed by atoms with van der Waals surface area (Å²) in [5.41, 5.74) is -0.643. The standard InChI is InChI=1S/C20H14BrF3N8/c1-11(18-29-10-30-32(18)16-4-3-12(7-25)8-26-16)31(2)19-14-5-13(21)6-15(20(22,23)24)17(14)27-9-28-19/h3-6,8-11H,1-2H3/t11-/m1/s1. The van der Waals surface area contributed by atoms with Gasteiger partial charge in [-0.1, -0.05) is 15.9 Å². The molecule has 0 aliphatic carbocycles. The highest BCUT2D eigenvalue weighted by Crippen LogP contribution is 2.39. The minimum absolute atomic E-state index is 0.194. The summed E-state index contributed by atoms with van der Waals surface area (Å²) in [7, 11) is 1.70. The van der Waals surface area contributed by atoms with Crippen molar-refractivity contribution in [3.8, 4) is 11.9 Å². The van der Waals surface area contributed by atoms with E-state index < -0.39 is 17.8 Å². The third kappa shape index (κ3) is 3.87. The van der Waals surface area contributed by atoms with E-state index in [4.69, 9.17) is 5.26 Å². The second-order valence-electron chi connectivity index (χ2n) is 6.88. The lowest BCUT2D eigenvalue weighted by Gasteiger charge is -2.26. The lowest BCUT2D eigenvalue weighted by molar-refractivity contribution is -0.136. The van der Waals surface area contributed by atoms with Gasteiger partial charge in [0.25, 0.3) is 0 Å². The van der Waals surface area contributed by atoms with Crippen molar-refractivity contribution in [2.24, 2.45) is 0 Å². The van der Waals surface area contributed by atoms with Crippen LogP contribution in [0.5, 0.6) is 0 Å². The van der Waals surface area contributed by atoms with Crippen LogP contribution in [0, 0.1) is 11.3 Å². The molecule has 0 bridgehead atoms. The topological polar surface area (TPSA) is 96.4 Å². The molecular formula is C20H14BrF3N8. The van der Waals surface area contributed by atoms with Gasteiger partial charge in [-0.05, 0) is 31.2 Å². The second kappa shape index (κ2) is 8.16. The number of alkyl halides is 3. The number of hydrogen-bond acceptors (Lipinski definition) is 7. The molecule has 0 unspecified atom stereocenters. The number of aromatic nitrogens is 6. The molecule has 8 nitrogen and oxygen atoms in total. The number of rotatable bonds is 4. The van der Waals surface area contributed by atoms with Crippen molar-refractivity contribution in [2.45, 2.75) is 19.1 Å². The van der Waals surface area contributed by atoms with Gasteiger partial charge in [0.15, 0.2) is 11.6 Å². The van der Waals surface area contributed by atoms with Crippen LogP contribution < -0.4 is 4.90 Å². The molecule has 162 valence electrons. The van der Waals surface area contributed by atoms with Crippen molar-refractivity contribution in [1.82, 2.24) is 29.7 Å². The van der Waals surface area contributed by atoms with Crippen LogP contribution in [0.1, 0.15) is 29.9 Å². The summed E-state index contributed by atoms with van der Waals surface area (Å²) >= 11 is 3.16. The molecule has 4 aromatic rings. The number of nitriles is 1. The van der Waals surface area contributed by atoms with Crippen molar-refractivity contribution in [3.05, 3.63) is 64.5 Å². The van der Waals surface area contributed by atoms with Gasteiger partial charge in [-0.15, -0.1) is 0 Å². The molecule has 1 atom stereocenters. The summed E-state index contributed by atoms with van der Waals surface area (Å²) in [4.78, 5) is 18.4. The zero-order chi connectivity index (χ0) is 23.0. The minimum Gasteiger partial charge on any atom is -0.349 e. The van der Waals surface area contributed by atoms with Gasteiger partial charge in [0.1, 0.15) is 24.5 Å². The summed E-state index contributed by atoms with van der Waals surface area (Å²) in [6.45, 7) is 1.82. The molecule has 3 heterocycles. The second-order valence-corrected chi connectivity index (χ2v) is 7.79. The van der Waals surface area contributed by atoms with E-state index >= 15 is 0 Å². The van der Waals surface area contributed by atoms with Gasteiger partial charge >= 0.3 is 6.18 Å². The molecule has 0 N–H and O–H groups in total. The fourth-order valence-electron chi connectivity index (χ4n) is 3.26. The Morgan fingerprint density at radius 1 is 1.12 bits per heavy atom. The summed E-state index contributed by atoms with van der Waals surface area (Å²) in [6.07, 6.45) is -0.685. The molecule has 0 fully saturated rings. The lowest BCUT2D eigenvalue weighted by Crippen LogP contribution is -2.26. The minimum atomic E-state index is -4.57. The predicted octanol–water partition coefficient (Wildman–Crippen LogP) is 4.46. The van der Waals surface area contributed by atoms with E-state index in [1.807, 2.05) is 13.0 Å². The average Bonchev–Trinajstić information content (AvgIpc) is 3.26. The Bertz CT molecular complexity index is 1330. The molecule has 0 saturated carbocycles. The van der Waals surface area contributed by atoms with Crippen LogP contribution in [-0.2, 0) is 6.18 Å². The van der Waals surface area contributed by atoms with Crippen molar-refractivity contribution < 1.29 is 13.2 Å². The highest BCUT2D eigenvalue weighted by atomic mass is 79.9. The first-order valence-electron chi connectivity index (χ1n) is 9.21. The van der Waals surface area contributed by atoms with Gasteiger partial charge in [0.05, 0.1) is 22.7 Å². The number of pyridine rings is 1. The molecule has 12 heteroatoms. The average molecular weight is 503 g/mol. The number of halogens is 4. The summed E-state index contributed by atoms with van der Waals surface area (Å²) in [5, 5.41) is 13.4. The Labute approximate surface area is 188 Å². The van der Waals surface area contributed by atoms with E-state index in [0.717, 1.165) is 12.4 Å². The van der Waals surface area contributed by atoms with Crippen molar-refractivity contribution in [1.29, 1.82) is 5.26 Å². The Hall–Kier alpha value is -3.59. The van der Waals surface area contributed by atoms with E-state index in [2.05, 4.69) is 41.0 Å². The molecule has 0 aliphatic rings. The normalized spacial score (nSPS) is 12.5. The first-order chi connectivity index (χ1) is 15.2. The van der Waals surface area contributed by atoms with E-state index in [1.54, 1.807) is 30.1 Å². The maximum absolute atomic E-state index is 13.6. The monoisotopic (exact) mass is 502 g/mol. The van der Waals surface area contributed by atoms with Crippen molar-refractivity contribution >= 4 is 32.7 Å². The molecule has 1 aromatic carbocycles. The highest BCUT2D eigenvalue weighted by molar-refractivity contribution is 9.10. The molecule has 0 radical (unpaired) electrons. The lowest BCUT2D eigenvalue weighted by atomic mass is 10.1. The summed E-state index contributed by atoms with van der Waals surface area (Å²) in [5.74, 6) is 1.24. The highest BCUT2D eigenvalue weighted by Gasteiger charge is 2.34. The summed E-state index contributed by atoms with van der Waals surface area (Å²) < 4.78 is 42.5. The third-order valence-corrected chi connectivity index (χ3v) is 5.40. The Morgan fingerprint density at radius 3 is 2.56 bits per heavy atom. The molecule has 0 spiro atoms. The number of anilines is 1. The number of hydrogen-bond donors (Lipinski definition) is 0. The molecule has 0 amide bonds. The Morgan fingerprint density at radius 2 is 1.91 bits per heavy atom. The molecule has 0 aliphatic heterocycles. The van der Waals surface area contributed by atoms with Gasteiger partial charge in [-0.25, -0.2) is 19.9 Å². The SMILES string of the molecule is C[C@H](c1ncnn1-c1ccc(C#N)cn1)N(C)c1ncnc2c(C(F)(F)F)cc(Br)cc12. The maximum Gasteiger partial charge on any atom is 0.418 e. The predicted molar refractivity (Wildman–Crippen MR) is 113 cm³/mol. The largest absolute Gasteiger partial charge is 0.418 e. The van der Waals surface area contributed by atoms with E-state index in [1.165, 1.54) is 17.2 Å². The molecular weight excluding hydrogens is 489 g/mol. The quantitative estimate of drug-likeness (QED) is 0.406. The first kappa shape index (κ1) is 21.6. The van der Waals surface area contributed by atoms with Gasteiger partial charge in [0, 0.05) is 23.1 Å². The van der Waals surface area contributed by atoms with Crippen LogP contribution in [0.15, 0.2) is 47.6 Å². The molecule has 4 rings (SSSR count). The van der Waals surface area contributed by atoms with E-state index in [9.17, 15) is 13.2 Å². The van der Waals surface area contributed by atoms with Crippen LogP contribution in [0.3, 0.4) is 0 Å². The number of fused-ring (bicyclic) bond motifs is 1. The van der Waals surface area contributed by atoms with Crippen LogP contribution >= 0.6 is 15.9 Å². The Balaban J connectivity index is 1.78. The molecule has 32 heavy (non-hydrogen) atoms. The van der Waals surface area contributed by atoms with Crippen LogP contribution in [0.25, 0.3) is 16.7 Å². The fraction of sp³-hybridized carbons (Fsp3) is 0.200. The molecule has 3 aromatic heterocycles. The summed E-state index contributed by atoms with van der Waals surface area (Å²) in [6, 6.07) is 7.35. The zero-order valence-corrected chi connectivity index (χ0v) is 18.3. The number of nitrogens with zero attached hydrogens (tertiary/aromatic N) is 8. The zero-order valence-electron chi connectivity index (χ0n) is 16.7. The van der Waals surface area contributed by atoms with Gasteiger partial charge in [-0.2, -0.15) is 28.2 Å². The fourth-order valence-corrected chi connectivity index (χ4v) is 3.72. The van der Waals surface area contributed by atoms with Crippen molar-refractivity contribution in [2.75, 3.05) is 11.9 Å². The van der Waals surface area contributed by atoms with Crippen LogP contribution in [0.4, 0.5) is 19.0 Å². The smallest absolute Gasteiger partial charge is 0.349 e. The Kier molecular flexibility index (Phi) is 5.52. The van der Waals surface area contributed by atoms with Gasteiger partial charge in [0.2, 0.25) is 0 Å². The van der Waals surface area contributed by atoms with Crippen LogP contribution in [-0.4, -0.2) is 36.8 Å². The van der Waals surface area contributed by atoms with Crippen molar-refractivity contribution in [3.63, 3.8) is 0 Å².